The van der Waals surface area contributed by atoms with E-state index in [1.54, 1.807) is 12.1 Å². The largest absolute Gasteiger partial charge is 0.454 e. The molecule has 1 aliphatic heterocycles. The summed E-state index contributed by atoms with van der Waals surface area (Å²) in [5, 5.41) is 4.79. The molecule has 0 aromatic heterocycles. The Balaban J connectivity index is 1.33. The van der Waals surface area contributed by atoms with Crippen molar-refractivity contribution in [3.63, 3.8) is 0 Å². The van der Waals surface area contributed by atoms with Crippen LogP contribution in [-0.4, -0.2) is 36.7 Å². The van der Waals surface area contributed by atoms with Crippen LogP contribution in [0.5, 0.6) is 0 Å². The van der Waals surface area contributed by atoms with Gasteiger partial charge >= 0.3 is 5.97 Å². The second kappa shape index (κ2) is 8.36. The number of nitrogens with one attached hydrogen (secondary N) is 1. The third kappa shape index (κ3) is 4.41. The Kier molecular flexibility index (Phi) is 5.48. The van der Waals surface area contributed by atoms with Crippen molar-refractivity contribution in [2.75, 3.05) is 29.1 Å². The molecule has 0 aliphatic carbocycles. The van der Waals surface area contributed by atoms with Gasteiger partial charge in [0.15, 0.2) is 6.61 Å². The zero-order chi connectivity index (χ0) is 20.2. The number of fused-ring (bicyclic) bond motifs is 2. The minimum Gasteiger partial charge on any atom is -0.454 e. The summed E-state index contributed by atoms with van der Waals surface area (Å²) in [5.41, 5.74) is 1.31. The van der Waals surface area contributed by atoms with Gasteiger partial charge in [-0.05, 0) is 35.0 Å². The minimum absolute atomic E-state index is 0.161. The average molecular weight is 406 g/mol. The molecule has 0 saturated carbocycles. The molecule has 3 aromatic carbocycles. The first-order valence-electron chi connectivity index (χ1n) is 9.06. The van der Waals surface area contributed by atoms with Gasteiger partial charge in [0.1, 0.15) is 6.54 Å². The van der Waals surface area contributed by atoms with Crippen molar-refractivity contribution in [2.24, 2.45) is 0 Å². The molecule has 146 valence electrons. The number of ether oxygens (including phenoxy) is 1. The Morgan fingerprint density at radius 1 is 1.00 bits per heavy atom. The molecule has 1 heterocycles. The number of hydrogen-bond donors (Lipinski definition) is 1. The summed E-state index contributed by atoms with van der Waals surface area (Å²) in [6.07, 6.45) is 0. The van der Waals surface area contributed by atoms with Gasteiger partial charge in [0, 0.05) is 10.6 Å². The summed E-state index contributed by atoms with van der Waals surface area (Å²) in [6.45, 7) is -0.635. The van der Waals surface area contributed by atoms with E-state index < -0.39 is 18.5 Å². The Bertz CT molecular complexity index is 1100. The number of para-hydroxylation sites is 1. The van der Waals surface area contributed by atoms with Crippen molar-refractivity contribution >= 4 is 51.7 Å². The molecule has 4 rings (SSSR count). The van der Waals surface area contributed by atoms with Crippen LogP contribution in [0.3, 0.4) is 0 Å². The van der Waals surface area contributed by atoms with Gasteiger partial charge in [-0.3, -0.25) is 19.3 Å². The first-order valence-corrected chi connectivity index (χ1v) is 10.1. The number of anilines is 2. The van der Waals surface area contributed by atoms with Crippen LogP contribution >= 0.6 is 11.8 Å². The smallest absolute Gasteiger partial charge is 0.326 e. The third-order valence-electron chi connectivity index (χ3n) is 4.49. The molecule has 0 saturated heterocycles. The highest BCUT2D eigenvalue weighted by Crippen LogP contribution is 2.34. The Labute approximate surface area is 171 Å². The standard InChI is InChI=1S/C22H18N2O4S/c25-20(23-17-10-9-15-5-1-2-6-16(15)11-17)13-28-22(27)12-24-18-7-3-4-8-19(18)29-14-21(24)26/h1-11H,12-14H2,(H,23,25). The molecule has 1 N–H and O–H groups in total. The average Bonchev–Trinajstić information content (AvgIpc) is 2.74. The predicted octanol–water partition coefficient (Wildman–Crippen LogP) is 3.46. The minimum atomic E-state index is -0.631. The maximum absolute atomic E-state index is 12.2. The number of thioether (sulfide) groups is 1. The number of nitrogens with zero attached hydrogens (tertiary/aromatic N) is 1. The van der Waals surface area contributed by atoms with Gasteiger partial charge < -0.3 is 10.1 Å². The molecule has 0 fully saturated rings. The van der Waals surface area contributed by atoms with E-state index in [-0.39, 0.29) is 18.2 Å². The van der Waals surface area contributed by atoms with E-state index in [0.717, 1.165) is 15.7 Å². The van der Waals surface area contributed by atoms with E-state index >= 15 is 0 Å². The molecule has 0 unspecified atom stereocenters. The van der Waals surface area contributed by atoms with Crippen molar-refractivity contribution < 1.29 is 19.1 Å². The van der Waals surface area contributed by atoms with E-state index in [9.17, 15) is 14.4 Å². The van der Waals surface area contributed by atoms with Crippen LogP contribution in [0, 0.1) is 0 Å². The van der Waals surface area contributed by atoms with Crippen molar-refractivity contribution in [3.8, 4) is 0 Å². The van der Waals surface area contributed by atoms with E-state index in [2.05, 4.69) is 5.32 Å². The van der Waals surface area contributed by atoms with Gasteiger partial charge in [0.25, 0.3) is 5.91 Å². The Hall–Kier alpha value is -3.32. The normalized spacial score (nSPS) is 13.1. The topological polar surface area (TPSA) is 75.7 Å². The van der Waals surface area contributed by atoms with Crippen LogP contribution in [0.1, 0.15) is 0 Å². The van der Waals surface area contributed by atoms with Crippen LogP contribution in [0.25, 0.3) is 10.8 Å². The lowest BCUT2D eigenvalue weighted by molar-refractivity contribution is -0.146. The highest BCUT2D eigenvalue weighted by Gasteiger charge is 2.26. The molecular formula is C22H18N2O4S. The molecule has 6 nitrogen and oxygen atoms in total. The molecule has 0 radical (unpaired) electrons. The Morgan fingerprint density at radius 3 is 2.62 bits per heavy atom. The second-order valence-corrected chi connectivity index (χ2v) is 7.52. The summed E-state index contributed by atoms with van der Waals surface area (Å²) in [4.78, 5) is 38.9. The van der Waals surface area contributed by atoms with Crippen LogP contribution in [0.4, 0.5) is 11.4 Å². The molecule has 1 aliphatic rings. The number of rotatable bonds is 5. The van der Waals surface area contributed by atoms with E-state index in [4.69, 9.17) is 4.74 Å². The molecule has 29 heavy (non-hydrogen) atoms. The third-order valence-corrected chi connectivity index (χ3v) is 5.54. The lowest BCUT2D eigenvalue weighted by atomic mass is 10.1. The van der Waals surface area contributed by atoms with Crippen LogP contribution in [0.15, 0.2) is 71.6 Å². The summed E-state index contributed by atoms with van der Waals surface area (Å²) < 4.78 is 5.08. The number of hydrogen-bond acceptors (Lipinski definition) is 5. The molecule has 0 bridgehead atoms. The lowest BCUT2D eigenvalue weighted by Crippen LogP contribution is -2.40. The van der Waals surface area contributed by atoms with Gasteiger partial charge in [-0.2, -0.15) is 0 Å². The van der Waals surface area contributed by atoms with Crippen LogP contribution < -0.4 is 10.2 Å². The number of esters is 1. The quantitative estimate of drug-likeness (QED) is 0.657. The number of benzene rings is 3. The van der Waals surface area contributed by atoms with E-state index in [1.807, 2.05) is 54.6 Å². The number of amides is 2. The second-order valence-electron chi connectivity index (χ2n) is 6.51. The SMILES string of the molecule is O=C(COC(=O)CN1C(=O)CSc2ccccc21)Nc1ccc2ccccc2c1. The zero-order valence-electron chi connectivity index (χ0n) is 15.5. The molecule has 7 heteroatoms. The first kappa shape index (κ1) is 19.0. The van der Waals surface area contributed by atoms with Crippen molar-refractivity contribution in [2.45, 2.75) is 4.90 Å². The summed E-state index contributed by atoms with van der Waals surface area (Å²) >= 11 is 1.44. The van der Waals surface area contributed by atoms with Crippen LogP contribution in [0.2, 0.25) is 0 Å². The lowest BCUT2D eigenvalue weighted by Gasteiger charge is -2.27. The summed E-state index contributed by atoms with van der Waals surface area (Å²) in [7, 11) is 0. The van der Waals surface area contributed by atoms with Crippen molar-refractivity contribution in [1.29, 1.82) is 0 Å². The molecule has 2 amide bonds. The fourth-order valence-electron chi connectivity index (χ4n) is 3.11. The first-order chi connectivity index (χ1) is 14.1. The maximum atomic E-state index is 12.2. The molecular weight excluding hydrogens is 388 g/mol. The van der Waals surface area contributed by atoms with Gasteiger partial charge in [0.05, 0.1) is 11.4 Å². The van der Waals surface area contributed by atoms with Crippen molar-refractivity contribution in [3.05, 3.63) is 66.7 Å². The molecule has 0 atom stereocenters. The highest BCUT2D eigenvalue weighted by atomic mass is 32.2. The number of carbonyl (C=O) groups is 3. The summed E-state index contributed by atoms with van der Waals surface area (Å²) in [6, 6.07) is 20.8. The fourth-order valence-corrected chi connectivity index (χ4v) is 4.05. The Morgan fingerprint density at radius 2 is 1.76 bits per heavy atom. The van der Waals surface area contributed by atoms with Gasteiger partial charge in [-0.15, -0.1) is 11.8 Å². The number of carbonyl (C=O) groups excluding carboxylic acids is 3. The van der Waals surface area contributed by atoms with E-state index in [1.165, 1.54) is 16.7 Å². The fraction of sp³-hybridized carbons (Fsp3) is 0.136. The molecule has 3 aromatic rings. The monoisotopic (exact) mass is 406 g/mol. The van der Waals surface area contributed by atoms with Gasteiger partial charge in [-0.25, -0.2) is 0 Å². The van der Waals surface area contributed by atoms with Crippen LogP contribution in [-0.2, 0) is 19.1 Å². The zero-order valence-corrected chi connectivity index (χ0v) is 16.3. The maximum Gasteiger partial charge on any atom is 0.326 e. The highest BCUT2D eigenvalue weighted by molar-refractivity contribution is 8.00. The molecule has 0 spiro atoms. The predicted molar refractivity (Wildman–Crippen MR) is 113 cm³/mol. The summed E-state index contributed by atoms with van der Waals surface area (Å²) in [5.74, 6) is -0.957. The van der Waals surface area contributed by atoms with E-state index in [0.29, 0.717) is 11.4 Å². The van der Waals surface area contributed by atoms with Gasteiger partial charge in [-0.1, -0.05) is 42.5 Å². The van der Waals surface area contributed by atoms with Gasteiger partial charge in [0.2, 0.25) is 5.91 Å². The van der Waals surface area contributed by atoms with Crippen molar-refractivity contribution in [1.82, 2.24) is 0 Å².